The van der Waals surface area contributed by atoms with Gasteiger partial charge >= 0.3 is 0 Å². The van der Waals surface area contributed by atoms with Gasteiger partial charge in [0, 0.05) is 17.9 Å². The van der Waals surface area contributed by atoms with Crippen molar-refractivity contribution < 1.29 is 9.72 Å². The van der Waals surface area contributed by atoms with E-state index < -0.39 is 10.8 Å². The quantitative estimate of drug-likeness (QED) is 0.647. The Balaban J connectivity index is 2.83. The third-order valence-corrected chi connectivity index (χ3v) is 3.91. The zero-order valence-electron chi connectivity index (χ0n) is 10.7. The fourth-order valence-corrected chi connectivity index (χ4v) is 2.43. The first kappa shape index (κ1) is 15.8. The van der Waals surface area contributed by atoms with E-state index >= 15 is 0 Å². The number of nitro benzene ring substituents is 1. The van der Waals surface area contributed by atoms with Gasteiger partial charge < -0.3 is 5.32 Å². The number of rotatable bonds is 6. The van der Waals surface area contributed by atoms with Gasteiger partial charge in [0.05, 0.1) is 10.5 Å². The second-order valence-electron chi connectivity index (χ2n) is 3.93. The van der Waals surface area contributed by atoms with Gasteiger partial charge in [-0.15, -0.1) is 0 Å². The van der Waals surface area contributed by atoms with Gasteiger partial charge in [0.25, 0.3) is 11.6 Å². The molecule has 1 N–H and O–H groups in total. The Morgan fingerprint density at radius 2 is 2.26 bits per heavy atom. The standard InChI is InChI=1S/C12H15ClN2O3S/c1-3-19-7-8(2)14-12(16)9-5-4-6-10(11(9)13)15(17)18/h4-6,8H,3,7H2,1-2H3,(H,14,16). The first-order valence-corrected chi connectivity index (χ1v) is 7.32. The van der Waals surface area contributed by atoms with Crippen LogP contribution in [0.2, 0.25) is 5.02 Å². The predicted molar refractivity (Wildman–Crippen MR) is 78.0 cm³/mol. The SMILES string of the molecule is CCSCC(C)NC(=O)c1cccc([N+](=O)[O-])c1Cl. The third-order valence-electron chi connectivity index (χ3n) is 2.37. The van der Waals surface area contributed by atoms with Crippen molar-refractivity contribution in [1.82, 2.24) is 5.32 Å². The maximum atomic E-state index is 12.0. The van der Waals surface area contributed by atoms with E-state index in [0.29, 0.717) is 0 Å². The van der Waals surface area contributed by atoms with Crippen molar-refractivity contribution in [3.8, 4) is 0 Å². The number of nitro groups is 1. The van der Waals surface area contributed by atoms with E-state index in [-0.39, 0.29) is 22.3 Å². The van der Waals surface area contributed by atoms with Crippen LogP contribution >= 0.6 is 23.4 Å². The van der Waals surface area contributed by atoms with E-state index in [9.17, 15) is 14.9 Å². The predicted octanol–water partition coefficient (Wildman–Crippen LogP) is 3.12. The van der Waals surface area contributed by atoms with Gasteiger partial charge in [-0.1, -0.05) is 24.6 Å². The number of benzene rings is 1. The first-order valence-electron chi connectivity index (χ1n) is 5.78. The van der Waals surface area contributed by atoms with Crippen LogP contribution in [-0.2, 0) is 0 Å². The van der Waals surface area contributed by atoms with Crippen molar-refractivity contribution in [3.05, 3.63) is 38.9 Å². The minimum Gasteiger partial charge on any atom is -0.349 e. The molecular weight excluding hydrogens is 288 g/mol. The molecule has 0 aliphatic heterocycles. The van der Waals surface area contributed by atoms with E-state index in [1.165, 1.54) is 18.2 Å². The average molecular weight is 303 g/mol. The summed E-state index contributed by atoms with van der Waals surface area (Å²) < 4.78 is 0. The normalized spacial score (nSPS) is 11.9. The first-order chi connectivity index (χ1) is 8.97. The van der Waals surface area contributed by atoms with Crippen molar-refractivity contribution in [3.63, 3.8) is 0 Å². The smallest absolute Gasteiger partial charge is 0.288 e. The van der Waals surface area contributed by atoms with Gasteiger partial charge in [0.2, 0.25) is 0 Å². The van der Waals surface area contributed by atoms with Crippen LogP contribution < -0.4 is 5.32 Å². The van der Waals surface area contributed by atoms with Crippen LogP contribution in [0.25, 0.3) is 0 Å². The lowest BCUT2D eigenvalue weighted by Gasteiger charge is -2.13. The van der Waals surface area contributed by atoms with Crippen LogP contribution in [0.1, 0.15) is 24.2 Å². The number of nitrogens with zero attached hydrogens (tertiary/aromatic N) is 1. The van der Waals surface area contributed by atoms with Gasteiger partial charge in [0.1, 0.15) is 5.02 Å². The highest BCUT2D eigenvalue weighted by Gasteiger charge is 2.20. The summed E-state index contributed by atoms with van der Waals surface area (Å²) in [6.07, 6.45) is 0. The number of amides is 1. The molecule has 5 nitrogen and oxygen atoms in total. The maximum Gasteiger partial charge on any atom is 0.288 e. The fourth-order valence-electron chi connectivity index (χ4n) is 1.47. The Bertz CT molecular complexity index is 482. The molecule has 1 unspecified atom stereocenters. The molecule has 0 radical (unpaired) electrons. The van der Waals surface area contributed by atoms with Gasteiger partial charge in [-0.3, -0.25) is 14.9 Å². The summed E-state index contributed by atoms with van der Waals surface area (Å²) in [6, 6.07) is 4.18. The van der Waals surface area contributed by atoms with Crippen molar-refractivity contribution in [2.45, 2.75) is 19.9 Å². The molecule has 19 heavy (non-hydrogen) atoms. The Kier molecular flexibility index (Phi) is 6.11. The summed E-state index contributed by atoms with van der Waals surface area (Å²) in [4.78, 5) is 22.1. The summed E-state index contributed by atoms with van der Waals surface area (Å²) in [5.41, 5.74) is -0.130. The molecule has 0 fully saturated rings. The highest BCUT2D eigenvalue weighted by atomic mass is 35.5. The second-order valence-corrected chi connectivity index (χ2v) is 5.63. The number of carbonyl (C=O) groups excluding carboxylic acids is 1. The zero-order chi connectivity index (χ0) is 14.4. The summed E-state index contributed by atoms with van der Waals surface area (Å²) >= 11 is 7.59. The second kappa shape index (κ2) is 7.35. The van der Waals surface area contributed by atoms with Crippen LogP contribution in [0, 0.1) is 10.1 Å². The molecule has 0 spiro atoms. The summed E-state index contributed by atoms with van der Waals surface area (Å²) in [5, 5.41) is 13.4. The molecular formula is C12H15ClN2O3S. The summed E-state index contributed by atoms with van der Waals surface area (Å²) in [7, 11) is 0. The van der Waals surface area contributed by atoms with Crippen LogP contribution in [-0.4, -0.2) is 28.4 Å². The molecule has 1 aromatic carbocycles. The van der Waals surface area contributed by atoms with Crippen LogP contribution in [0.5, 0.6) is 0 Å². The van der Waals surface area contributed by atoms with E-state index in [2.05, 4.69) is 5.32 Å². The largest absolute Gasteiger partial charge is 0.349 e. The summed E-state index contributed by atoms with van der Waals surface area (Å²) in [5.74, 6) is 1.37. The van der Waals surface area contributed by atoms with Crippen molar-refractivity contribution in [1.29, 1.82) is 0 Å². The molecule has 1 rings (SSSR count). The number of hydrogen-bond acceptors (Lipinski definition) is 4. The average Bonchev–Trinajstić information content (AvgIpc) is 2.36. The van der Waals surface area contributed by atoms with Gasteiger partial charge in [-0.05, 0) is 18.7 Å². The Morgan fingerprint density at radius 3 is 2.84 bits per heavy atom. The van der Waals surface area contributed by atoms with E-state index in [4.69, 9.17) is 11.6 Å². The lowest BCUT2D eigenvalue weighted by atomic mass is 10.2. The number of carbonyl (C=O) groups is 1. The Hall–Kier alpha value is -1.27. The van der Waals surface area contributed by atoms with E-state index in [1.807, 2.05) is 13.8 Å². The van der Waals surface area contributed by atoms with Gasteiger partial charge in [-0.2, -0.15) is 11.8 Å². The van der Waals surface area contributed by atoms with Crippen LogP contribution in [0.15, 0.2) is 18.2 Å². The maximum absolute atomic E-state index is 12.0. The van der Waals surface area contributed by atoms with Gasteiger partial charge in [-0.25, -0.2) is 0 Å². The molecule has 0 bridgehead atoms. The minimum atomic E-state index is -0.602. The third kappa shape index (κ3) is 4.40. The molecule has 1 atom stereocenters. The molecule has 1 amide bonds. The molecule has 104 valence electrons. The van der Waals surface area contributed by atoms with Gasteiger partial charge in [0.15, 0.2) is 0 Å². The minimum absolute atomic E-state index is 0.0206. The number of hydrogen-bond donors (Lipinski definition) is 1. The molecule has 0 aliphatic rings. The van der Waals surface area contributed by atoms with E-state index in [0.717, 1.165) is 11.5 Å². The Morgan fingerprint density at radius 1 is 1.58 bits per heavy atom. The van der Waals surface area contributed by atoms with Crippen LogP contribution in [0.4, 0.5) is 5.69 Å². The molecule has 7 heteroatoms. The summed E-state index contributed by atoms with van der Waals surface area (Å²) in [6.45, 7) is 3.92. The zero-order valence-corrected chi connectivity index (χ0v) is 12.3. The monoisotopic (exact) mass is 302 g/mol. The Labute approximate surface area is 120 Å². The number of thioether (sulfide) groups is 1. The lowest BCUT2D eigenvalue weighted by Crippen LogP contribution is -2.34. The topological polar surface area (TPSA) is 72.2 Å². The van der Waals surface area contributed by atoms with Crippen LogP contribution in [0.3, 0.4) is 0 Å². The molecule has 0 aromatic heterocycles. The molecule has 1 aromatic rings. The van der Waals surface area contributed by atoms with E-state index in [1.54, 1.807) is 11.8 Å². The number of nitrogens with one attached hydrogen (secondary N) is 1. The van der Waals surface area contributed by atoms with Crippen molar-refractivity contribution >= 4 is 35.0 Å². The molecule has 0 saturated carbocycles. The molecule has 0 heterocycles. The highest BCUT2D eigenvalue weighted by molar-refractivity contribution is 7.99. The lowest BCUT2D eigenvalue weighted by molar-refractivity contribution is -0.384. The molecule has 0 aliphatic carbocycles. The number of halogens is 1. The van der Waals surface area contributed by atoms with Crippen molar-refractivity contribution in [2.24, 2.45) is 0 Å². The fraction of sp³-hybridized carbons (Fsp3) is 0.417. The van der Waals surface area contributed by atoms with Crippen molar-refractivity contribution in [2.75, 3.05) is 11.5 Å². The molecule has 0 saturated heterocycles. The highest BCUT2D eigenvalue weighted by Crippen LogP contribution is 2.27.